The third kappa shape index (κ3) is 3.93. The number of halogens is 7. The zero-order chi connectivity index (χ0) is 15.8. The Morgan fingerprint density at radius 2 is 1.59 bits per heavy atom. The molecule has 0 saturated carbocycles. The van der Waals surface area contributed by atoms with Crippen molar-refractivity contribution in [3.8, 4) is 0 Å². The van der Waals surface area contributed by atoms with Crippen molar-refractivity contribution in [2.24, 2.45) is 5.73 Å². The first kappa shape index (κ1) is 18.8. The molecule has 2 rings (SSSR count). The summed E-state index contributed by atoms with van der Waals surface area (Å²) in [6.07, 6.45) is -9.50. The van der Waals surface area contributed by atoms with Gasteiger partial charge in [0.2, 0.25) is 0 Å². The Labute approximate surface area is 132 Å². The van der Waals surface area contributed by atoms with E-state index in [9.17, 15) is 26.3 Å². The van der Waals surface area contributed by atoms with Crippen LogP contribution in [-0.4, -0.2) is 0 Å². The van der Waals surface area contributed by atoms with E-state index in [4.69, 9.17) is 5.73 Å². The van der Waals surface area contributed by atoms with Gasteiger partial charge in [-0.15, -0.1) is 12.4 Å². The third-order valence-corrected chi connectivity index (χ3v) is 3.62. The fourth-order valence-corrected chi connectivity index (χ4v) is 2.58. The lowest BCUT2D eigenvalue weighted by atomic mass is 9.94. The van der Waals surface area contributed by atoms with Crippen LogP contribution in [0.1, 0.15) is 28.3 Å². The van der Waals surface area contributed by atoms with Crippen LogP contribution in [0.4, 0.5) is 26.3 Å². The van der Waals surface area contributed by atoms with Crippen LogP contribution in [0.3, 0.4) is 0 Å². The van der Waals surface area contributed by atoms with Gasteiger partial charge in [-0.1, -0.05) is 0 Å². The highest BCUT2D eigenvalue weighted by Gasteiger charge is 2.38. The van der Waals surface area contributed by atoms with Crippen molar-refractivity contribution in [1.29, 1.82) is 0 Å². The molecule has 1 nitrogen and oxygen atoms in total. The van der Waals surface area contributed by atoms with Crippen LogP contribution in [0.15, 0.2) is 35.0 Å². The second kappa shape index (κ2) is 6.47. The van der Waals surface area contributed by atoms with E-state index in [0.29, 0.717) is 23.8 Å². The Kier molecular flexibility index (Phi) is 5.53. The fraction of sp³-hybridized carbons (Fsp3) is 0.231. The Morgan fingerprint density at radius 3 is 2.05 bits per heavy atom. The first-order chi connectivity index (χ1) is 9.60. The van der Waals surface area contributed by atoms with E-state index in [1.54, 1.807) is 5.38 Å². The second-order valence-corrected chi connectivity index (χ2v) is 5.11. The number of nitrogens with two attached hydrogens (primary N) is 1. The molecular formula is C13H10ClF6NS. The van der Waals surface area contributed by atoms with Crippen LogP contribution in [0, 0.1) is 0 Å². The molecule has 22 heavy (non-hydrogen) atoms. The van der Waals surface area contributed by atoms with Crippen molar-refractivity contribution in [2.75, 3.05) is 0 Å². The van der Waals surface area contributed by atoms with E-state index in [2.05, 4.69) is 0 Å². The molecule has 1 atom stereocenters. The van der Waals surface area contributed by atoms with E-state index in [1.165, 1.54) is 22.8 Å². The van der Waals surface area contributed by atoms with Gasteiger partial charge in [0.25, 0.3) is 0 Å². The lowest BCUT2D eigenvalue weighted by molar-refractivity contribution is -0.142. The Morgan fingerprint density at radius 1 is 0.955 bits per heavy atom. The van der Waals surface area contributed by atoms with E-state index < -0.39 is 35.1 Å². The number of rotatable bonds is 2. The zero-order valence-electron chi connectivity index (χ0n) is 10.7. The summed E-state index contributed by atoms with van der Waals surface area (Å²) in [5.74, 6) is 0. The summed E-state index contributed by atoms with van der Waals surface area (Å²) in [6.45, 7) is 0. The molecule has 0 aliphatic heterocycles. The van der Waals surface area contributed by atoms with Crippen LogP contribution >= 0.6 is 23.7 Å². The molecule has 0 saturated heterocycles. The highest BCUT2D eigenvalue weighted by molar-refractivity contribution is 7.08. The first-order valence-electron chi connectivity index (χ1n) is 5.66. The molecule has 2 N–H and O–H groups in total. The van der Waals surface area contributed by atoms with E-state index in [1.807, 2.05) is 0 Å². The van der Waals surface area contributed by atoms with Crippen LogP contribution in [-0.2, 0) is 12.4 Å². The molecule has 0 radical (unpaired) electrons. The second-order valence-electron chi connectivity index (χ2n) is 4.33. The molecular weight excluding hydrogens is 352 g/mol. The quantitative estimate of drug-likeness (QED) is 0.726. The molecule has 0 aliphatic carbocycles. The highest BCUT2D eigenvalue weighted by atomic mass is 35.5. The van der Waals surface area contributed by atoms with E-state index in [0.717, 1.165) is 0 Å². The van der Waals surface area contributed by atoms with Gasteiger partial charge in [-0.25, -0.2) is 0 Å². The minimum atomic E-state index is -4.77. The summed E-state index contributed by atoms with van der Waals surface area (Å²) >= 11 is 1.20. The summed E-state index contributed by atoms with van der Waals surface area (Å²) in [6, 6.07) is 1.51. The smallest absolute Gasteiger partial charge is 0.320 e. The Hall–Kier alpha value is -1.25. The first-order valence-corrected chi connectivity index (χ1v) is 6.61. The van der Waals surface area contributed by atoms with Gasteiger partial charge in [0, 0.05) is 0 Å². The minimum absolute atomic E-state index is 0. The van der Waals surface area contributed by atoms with E-state index in [-0.39, 0.29) is 12.4 Å². The van der Waals surface area contributed by atoms with Crippen molar-refractivity contribution in [3.05, 3.63) is 57.3 Å². The maximum absolute atomic E-state index is 12.9. The molecule has 0 fully saturated rings. The lowest BCUT2D eigenvalue weighted by Crippen LogP contribution is -2.19. The molecule has 9 heteroatoms. The van der Waals surface area contributed by atoms with Crippen molar-refractivity contribution in [2.45, 2.75) is 18.4 Å². The van der Waals surface area contributed by atoms with Crippen molar-refractivity contribution < 1.29 is 26.3 Å². The number of hydrogen-bond acceptors (Lipinski definition) is 2. The molecule has 0 aliphatic rings. The molecule has 0 unspecified atom stereocenters. The zero-order valence-corrected chi connectivity index (χ0v) is 12.3. The van der Waals surface area contributed by atoms with Crippen LogP contribution < -0.4 is 5.73 Å². The number of thiophene rings is 1. The number of benzene rings is 1. The van der Waals surface area contributed by atoms with Gasteiger partial charge in [0.15, 0.2) is 0 Å². The third-order valence-electron chi connectivity index (χ3n) is 2.92. The minimum Gasteiger partial charge on any atom is -0.320 e. The lowest BCUT2D eigenvalue weighted by Gasteiger charge is -2.19. The van der Waals surface area contributed by atoms with Gasteiger partial charge in [-0.2, -0.15) is 37.7 Å². The molecule has 0 amide bonds. The molecule has 0 spiro atoms. The van der Waals surface area contributed by atoms with Crippen molar-refractivity contribution in [3.63, 3.8) is 0 Å². The molecule has 1 aromatic heterocycles. The normalized spacial score (nSPS) is 13.6. The molecule has 1 heterocycles. The van der Waals surface area contributed by atoms with Crippen LogP contribution in [0.25, 0.3) is 0 Å². The number of alkyl halides is 6. The topological polar surface area (TPSA) is 26.0 Å². The largest absolute Gasteiger partial charge is 0.416 e. The van der Waals surface area contributed by atoms with Gasteiger partial charge >= 0.3 is 12.4 Å². The van der Waals surface area contributed by atoms with Gasteiger partial charge in [0.1, 0.15) is 0 Å². The van der Waals surface area contributed by atoms with Gasteiger partial charge in [0.05, 0.1) is 17.2 Å². The maximum atomic E-state index is 12.9. The predicted molar refractivity (Wildman–Crippen MR) is 74.0 cm³/mol. The summed E-state index contributed by atoms with van der Waals surface area (Å²) in [4.78, 5) is 0. The summed E-state index contributed by atoms with van der Waals surface area (Å²) in [7, 11) is 0. The fourth-order valence-electron chi connectivity index (χ4n) is 1.89. The van der Waals surface area contributed by atoms with E-state index >= 15 is 0 Å². The Bertz CT molecular complexity index is 620. The highest BCUT2D eigenvalue weighted by Crippen LogP contribution is 2.39. The van der Waals surface area contributed by atoms with Crippen molar-refractivity contribution in [1.82, 2.24) is 0 Å². The predicted octanol–water partition coefficient (Wildman–Crippen LogP) is 5.26. The standard InChI is InChI=1S/C13H9F6NS.ClH/c14-12(15,16)8-1-2-10(13(17,18)19)9(5-8)11(20)7-3-4-21-6-7;/h1-6,11H,20H2;1H/t11-;/m0./s1. The maximum Gasteiger partial charge on any atom is 0.416 e. The summed E-state index contributed by atoms with van der Waals surface area (Å²) < 4.78 is 76.9. The SMILES string of the molecule is Cl.N[C@@H](c1ccsc1)c1cc(C(F)(F)F)ccc1C(F)(F)F. The van der Waals surface area contributed by atoms with Gasteiger partial charge in [-0.3, -0.25) is 0 Å². The molecule has 1 aromatic carbocycles. The number of hydrogen-bond donors (Lipinski definition) is 1. The average Bonchev–Trinajstić information content (AvgIpc) is 2.88. The average molecular weight is 362 g/mol. The van der Waals surface area contributed by atoms with Crippen LogP contribution in [0.5, 0.6) is 0 Å². The summed E-state index contributed by atoms with van der Waals surface area (Å²) in [5.41, 5.74) is 3.15. The molecule has 122 valence electrons. The summed E-state index contributed by atoms with van der Waals surface area (Å²) in [5, 5.41) is 3.10. The molecule has 0 bridgehead atoms. The van der Waals surface area contributed by atoms with Gasteiger partial charge in [-0.05, 0) is 46.2 Å². The van der Waals surface area contributed by atoms with Gasteiger partial charge < -0.3 is 5.73 Å². The van der Waals surface area contributed by atoms with Crippen LogP contribution in [0.2, 0.25) is 0 Å². The monoisotopic (exact) mass is 361 g/mol. The molecule has 2 aromatic rings. The Balaban J connectivity index is 0.00000242. The van der Waals surface area contributed by atoms with Crippen molar-refractivity contribution >= 4 is 23.7 Å².